The first-order chi connectivity index (χ1) is 14.2. The van der Waals surface area contributed by atoms with Crippen molar-refractivity contribution in [1.82, 2.24) is 0 Å². The molecule has 0 bridgehead atoms. The second-order valence-electron chi connectivity index (χ2n) is 6.24. The van der Waals surface area contributed by atoms with Gasteiger partial charge < -0.3 is 25.4 Å². The summed E-state index contributed by atoms with van der Waals surface area (Å²) in [6.45, 7) is 6.72. The van der Waals surface area contributed by atoms with Crippen molar-refractivity contribution < 1.29 is 38.9 Å². The number of nitrogen functional groups attached to an aromatic ring is 1. The quantitative estimate of drug-likeness (QED) is 0.189. The first-order valence-corrected chi connectivity index (χ1v) is 8.61. The number of aliphatic hydroxyl groups is 2. The van der Waals surface area contributed by atoms with Gasteiger partial charge in [-0.25, -0.2) is 9.59 Å². The van der Waals surface area contributed by atoms with E-state index in [-0.39, 0.29) is 5.56 Å². The number of rotatable bonds is 12. The van der Waals surface area contributed by atoms with Gasteiger partial charge in [-0.15, -0.1) is 0 Å². The summed E-state index contributed by atoms with van der Waals surface area (Å²) >= 11 is 0. The van der Waals surface area contributed by atoms with Crippen LogP contribution in [0.4, 0.5) is 5.69 Å². The number of hydrogen-bond acceptors (Lipinski definition) is 9. The Balaban J connectivity index is 3.49. The molecule has 4 N–H and O–H groups in total. The van der Waals surface area contributed by atoms with E-state index in [4.69, 9.17) is 15.2 Å². The topological polar surface area (TPSA) is 153 Å². The Bertz CT molecular complexity index is 832. The molecule has 0 spiro atoms. The van der Waals surface area contributed by atoms with Crippen LogP contribution in [0.25, 0.3) is 0 Å². The predicted octanol–water partition coefficient (Wildman–Crippen LogP) is 0.375. The number of aliphatic hydroxyl groups excluding tert-OH is 2. The normalized spacial score (nSPS) is 11.1. The number of hydrogen-bond donors (Lipinski definition) is 3. The molecule has 0 radical (unpaired) electrons. The van der Waals surface area contributed by atoms with Crippen LogP contribution in [0.3, 0.4) is 0 Å². The number of esters is 2. The van der Waals surface area contributed by atoms with Gasteiger partial charge in [-0.1, -0.05) is 19.7 Å². The lowest BCUT2D eigenvalue weighted by Gasteiger charge is -2.43. The highest BCUT2D eigenvalue weighted by atomic mass is 16.6. The van der Waals surface area contributed by atoms with Crippen molar-refractivity contribution >= 4 is 29.2 Å². The highest BCUT2D eigenvalue weighted by Crippen LogP contribution is 2.38. The maximum Gasteiger partial charge on any atom is 0.338 e. The Labute approximate surface area is 173 Å². The summed E-state index contributed by atoms with van der Waals surface area (Å²) in [6.07, 6.45) is 2.04. The van der Waals surface area contributed by atoms with Crippen molar-refractivity contribution in [2.24, 2.45) is 5.41 Å². The molecular weight excluding hydrogens is 394 g/mol. The van der Waals surface area contributed by atoms with Crippen molar-refractivity contribution in [3.8, 4) is 0 Å². The van der Waals surface area contributed by atoms with Crippen LogP contribution in [-0.4, -0.2) is 59.1 Å². The van der Waals surface area contributed by atoms with E-state index >= 15 is 0 Å². The van der Waals surface area contributed by atoms with Crippen molar-refractivity contribution in [2.75, 3.05) is 25.6 Å². The average Bonchev–Trinajstić information content (AvgIpc) is 2.77. The molecule has 0 aliphatic rings. The van der Waals surface area contributed by atoms with E-state index in [9.17, 15) is 29.4 Å². The number of ether oxygens (including phenoxy) is 2. The number of benzene rings is 1. The summed E-state index contributed by atoms with van der Waals surface area (Å²) in [5.41, 5.74) is 0.976. The van der Waals surface area contributed by atoms with Crippen LogP contribution >= 0.6 is 0 Å². The minimum atomic E-state index is -2.80. The van der Waals surface area contributed by atoms with Gasteiger partial charge in [-0.3, -0.25) is 9.59 Å². The molecule has 9 heteroatoms. The van der Waals surface area contributed by atoms with E-state index in [1.54, 1.807) is 0 Å². The molecule has 1 aromatic rings. The summed E-state index contributed by atoms with van der Waals surface area (Å²) in [5.74, 6) is -4.41. The van der Waals surface area contributed by atoms with Gasteiger partial charge in [0.15, 0.2) is 0 Å². The molecule has 0 heterocycles. The van der Waals surface area contributed by atoms with Crippen LogP contribution in [0.2, 0.25) is 0 Å². The fourth-order valence-electron chi connectivity index (χ4n) is 2.70. The second kappa shape index (κ2) is 10.3. The third-order valence-electron chi connectivity index (χ3n) is 4.46. The van der Waals surface area contributed by atoms with E-state index < -0.39 is 54.3 Å². The zero-order valence-electron chi connectivity index (χ0n) is 16.2. The Hall–Kier alpha value is -3.56. The summed E-state index contributed by atoms with van der Waals surface area (Å²) in [4.78, 5) is 49.8. The fourth-order valence-corrected chi connectivity index (χ4v) is 2.70. The Morgan fingerprint density at radius 3 is 1.83 bits per heavy atom. The lowest BCUT2D eigenvalue weighted by Crippen LogP contribution is -2.66. The van der Waals surface area contributed by atoms with E-state index in [2.05, 4.69) is 19.7 Å². The third-order valence-corrected chi connectivity index (χ3v) is 4.46. The van der Waals surface area contributed by atoms with Gasteiger partial charge in [0.1, 0.15) is 12.0 Å². The minimum Gasteiger partial charge on any atom is -0.461 e. The highest BCUT2D eigenvalue weighted by molar-refractivity contribution is 6.20. The molecule has 0 unspecified atom stereocenters. The number of carbonyl (C=O) groups is 4. The molecule has 0 aliphatic carbocycles. The second-order valence-corrected chi connectivity index (χ2v) is 6.24. The molecule has 0 amide bonds. The third kappa shape index (κ3) is 4.53. The molecular formula is C21H23NO8. The zero-order valence-corrected chi connectivity index (χ0v) is 16.2. The first kappa shape index (κ1) is 24.5. The highest BCUT2D eigenvalue weighted by Gasteiger charge is 2.63. The van der Waals surface area contributed by atoms with E-state index in [1.165, 1.54) is 24.3 Å². The standard InChI is InChI=1S/C21H23NO8/c1-4-16(25)21(17(26)5-2,30-18(27)6-3)20(11-23,12-24)13-29-19(28)14-7-9-15(22)10-8-14/h4-10,23-24H,1-3,11-13,22H2. The lowest BCUT2D eigenvalue weighted by atomic mass is 9.68. The van der Waals surface area contributed by atoms with Crippen LogP contribution in [0.15, 0.2) is 62.2 Å². The molecule has 30 heavy (non-hydrogen) atoms. The van der Waals surface area contributed by atoms with Crippen LogP contribution in [0, 0.1) is 5.41 Å². The molecule has 9 nitrogen and oxygen atoms in total. The number of nitrogens with two attached hydrogens (primary N) is 1. The maximum atomic E-state index is 12.7. The molecule has 0 aliphatic heterocycles. The molecule has 1 rings (SSSR count). The predicted molar refractivity (Wildman–Crippen MR) is 107 cm³/mol. The van der Waals surface area contributed by atoms with Gasteiger partial charge in [0, 0.05) is 11.8 Å². The van der Waals surface area contributed by atoms with E-state index in [1.807, 2.05) is 0 Å². The number of carbonyl (C=O) groups excluding carboxylic acids is 4. The van der Waals surface area contributed by atoms with E-state index in [0.717, 1.165) is 0 Å². The molecule has 160 valence electrons. The zero-order chi connectivity index (χ0) is 22.9. The van der Waals surface area contributed by atoms with E-state index in [0.29, 0.717) is 23.9 Å². The van der Waals surface area contributed by atoms with Gasteiger partial charge in [-0.05, 0) is 36.4 Å². The van der Waals surface area contributed by atoms with Gasteiger partial charge in [-0.2, -0.15) is 0 Å². The minimum absolute atomic E-state index is 0.0766. The van der Waals surface area contributed by atoms with Crippen LogP contribution in [0.1, 0.15) is 10.4 Å². The van der Waals surface area contributed by atoms with Gasteiger partial charge in [0.05, 0.1) is 18.8 Å². The molecule has 0 aromatic heterocycles. The summed E-state index contributed by atoms with van der Waals surface area (Å²) in [5, 5.41) is 20.1. The Morgan fingerprint density at radius 2 is 1.43 bits per heavy atom. The van der Waals surface area contributed by atoms with Crippen molar-refractivity contribution in [3.63, 3.8) is 0 Å². The Kier molecular flexibility index (Phi) is 8.39. The SMILES string of the molecule is C=CC(=O)OC(C(=O)C=C)(C(=O)C=C)C(CO)(CO)COC(=O)c1ccc(N)cc1. The summed E-state index contributed by atoms with van der Waals surface area (Å²) in [7, 11) is 0. The smallest absolute Gasteiger partial charge is 0.338 e. The van der Waals surface area contributed by atoms with Crippen LogP contribution < -0.4 is 5.73 Å². The number of anilines is 1. The first-order valence-electron chi connectivity index (χ1n) is 8.61. The largest absolute Gasteiger partial charge is 0.461 e. The van der Waals surface area contributed by atoms with Gasteiger partial charge in [0.25, 0.3) is 0 Å². The monoisotopic (exact) mass is 417 g/mol. The van der Waals surface area contributed by atoms with Crippen LogP contribution in [0.5, 0.6) is 0 Å². The van der Waals surface area contributed by atoms with Crippen molar-refractivity contribution in [2.45, 2.75) is 5.60 Å². The summed E-state index contributed by atoms with van der Waals surface area (Å²) < 4.78 is 10.2. The van der Waals surface area contributed by atoms with Gasteiger partial charge in [0.2, 0.25) is 17.2 Å². The molecule has 1 aromatic carbocycles. The molecule has 0 saturated heterocycles. The van der Waals surface area contributed by atoms with Gasteiger partial charge >= 0.3 is 11.9 Å². The average molecular weight is 417 g/mol. The lowest BCUT2D eigenvalue weighted by molar-refractivity contribution is -0.195. The van der Waals surface area contributed by atoms with Crippen molar-refractivity contribution in [1.29, 1.82) is 0 Å². The van der Waals surface area contributed by atoms with Crippen LogP contribution in [-0.2, 0) is 23.9 Å². The summed E-state index contributed by atoms with van der Waals surface area (Å²) in [6, 6.07) is 5.62. The molecule has 0 saturated carbocycles. The van der Waals surface area contributed by atoms with Crippen molar-refractivity contribution in [3.05, 3.63) is 67.8 Å². The molecule has 0 atom stereocenters. The number of ketones is 2. The maximum absolute atomic E-state index is 12.7. The fraction of sp³-hybridized carbons (Fsp3) is 0.238. The Morgan fingerprint density at radius 1 is 0.933 bits per heavy atom. The molecule has 0 fully saturated rings.